The molecule has 0 saturated heterocycles. The molecule has 0 bridgehead atoms. The first kappa shape index (κ1) is 10.4. The van der Waals surface area contributed by atoms with E-state index in [-0.39, 0.29) is 0 Å². The van der Waals surface area contributed by atoms with E-state index in [0.29, 0.717) is 5.54 Å². The minimum absolute atomic E-state index is 0.392. The molecule has 3 heteroatoms. The maximum atomic E-state index is 5.60. The van der Waals surface area contributed by atoms with Crippen molar-refractivity contribution >= 4 is 5.69 Å². The maximum Gasteiger partial charge on any atom is 0.0545 e. The molecule has 1 aliphatic carbocycles. The number of pyridine rings is 1. The number of hydrogen-bond donors (Lipinski definition) is 1. The summed E-state index contributed by atoms with van der Waals surface area (Å²) < 4.78 is 0. The second-order valence-electron chi connectivity index (χ2n) is 4.79. The fourth-order valence-electron chi connectivity index (χ4n) is 2.03. The molecule has 0 radical (unpaired) electrons. The molecule has 0 aromatic carbocycles. The molecule has 2 N–H and O–H groups in total. The van der Waals surface area contributed by atoms with E-state index >= 15 is 0 Å². The first-order chi connectivity index (χ1) is 7.10. The molecular formula is C12H19N3. The molecule has 0 amide bonds. The molecule has 15 heavy (non-hydrogen) atoms. The highest BCUT2D eigenvalue weighted by Crippen LogP contribution is 2.36. The summed E-state index contributed by atoms with van der Waals surface area (Å²) in [6.07, 6.45) is 5.69. The van der Waals surface area contributed by atoms with Gasteiger partial charge < -0.3 is 5.73 Å². The average molecular weight is 205 g/mol. The Morgan fingerprint density at radius 3 is 2.67 bits per heavy atom. The van der Waals surface area contributed by atoms with Crippen LogP contribution < -0.4 is 5.73 Å². The molecule has 1 heterocycles. The van der Waals surface area contributed by atoms with E-state index in [1.807, 2.05) is 12.1 Å². The zero-order chi connectivity index (χ0) is 10.9. The van der Waals surface area contributed by atoms with Crippen LogP contribution in [0.3, 0.4) is 0 Å². The lowest BCUT2D eigenvalue weighted by molar-refractivity contribution is 0.0486. The molecule has 0 atom stereocenters. The van der Waals surface area contributed by atoms with Crippen LogP contribution in [-0.4, -0.2) is 22.5 Å². The monoisotopic (exact) mass is 205 g/mol. The molecule has 2 rings (SSSR count). The fourth-order valence-corrected chi connectivity index (χ4v) is 2.03. The maximum absolute atomic E-state index is 5.60. The van der Waals surface area contributed by atoms with Crippen molar-refractivity contribution in [1.82, 2.24) is 9.88 Å². The Bertz CT molecular complexity index is 327. The van der Waals surface area contributed by atoms with Crippen LogP contribution in [0.25, 0.3) is 0 Å². The van der Waals surface area contributed by atoms with Crippen LogP contribution in [0, 0.1) is 0 Å². The van der Waals surface area contributed by atoms with Crippen molar-refractivity contribution in [3.05, 3.63) is 24.0 Å². The van der Waals surface area contributed by atoms with Gasteiger partial charge in [0.1, 0.15) is 0 Å². The lowest BCUT2D eigenvalue weighted by Crippen LogP contribution is -2.48. The molecule has 0 unspecified atom stereocenters. The van der Waals surface area contributed by atoms with Crippen molar-refractivity contribution in [1.29, 1.82) is 0 Å². The highest BCUT2D eigenvalue weighted by atomic mass is 15.2. The summed E-state index contributed by atoms with van der Waals surface area (Å²) in [5.74, 6) is 0. The first-order valence-corrected chi connectivity index (χ1v) is 5.52. The SMILES string of the molecule is CN(Cc1ccc(N)cn1)C1(C)CCC1. The third-order valence-electron chi connectivity index (χ3n) is 3.60. The normalized spacial score (nSPS) is 18.9. The summed E-state index contributed by atoms with van der Waals surface area (Å²) in [5, 5.41) is 0. The molecule has 0 spiro atoms. The topological polar surface area (TPSA) is 42.1 Å². The van der Waals surface area contributed by atoms with E-state index in [2.05, 4.69) is 23.9 Å². The Labute approximate surface area is 91.3 Å². The minimum Gasteiger partial charge on any atom is -0.397 e. The van der Waals surface area contributed by atoms with Crippen molar-refractivity contribution in [2.75, 3.05) is 12.8 Å². The zero-order valence-corrected chi connectivity index (χ0v) is 9.53. The Morgan fingerprint density at radius 2 is 2.20 bits per heavy atom. The predicted octanol–water partition coefficient (Wildman–Crippen LogP) is 2.04. The number of rotatable bonds is 3. The highest BCUT2D eigenvalue weighted by molar-refractivity contribution is 5.34. The molecule has 1 aromatic heterocycles. The highest BCUT2D eigenvalue weighted by Gasteiger charge is 2.35. The van der Waals surface area contributed by atoms with Gasteiger partial charge in [-0.2, -0.15) is 0 Å². The Kier molecular flexibility index (Phi) is 2.65. The third-order valence-corrected chi connectivity index (χ3v) is 3.60. The van der Waals surface area contributed by atoms with Gasteiger partial charge in [-0.3, -0.25) is 9.88 Å². The molecular weight excluding hydrogens is 186 g/mol. The van der Waals surface area contributed by atoms with Gasteiger partial charge in [0, 0.05) is 12.1 Å². The van der Waals surface area contributed by atoms with Gasteiger partial charge in [0.25, 0.3) is 0 Å². The van der Waals surface area contributed by atoms with Crippen LogP contribution in [-0.2, 0) is 6.54 Å². The summed E-state index contributed by atoms with van der Waals surface area (Å²) in [6, 6.07) is 3.92. The van der Waals surface area contributed by atoms with E-state index in [9.17, 15) is 0 Å². The minimum atomic E-state index is 0.392. The Hall–Kier alpha value is -1.09. The van der Waals surface area contributed by atoms with Gasteiger partial charge in [-0.15, -0.1) is 0 Å². The van der Waals surface area contributed by atoms with E-state index in [0.717, 1.165) is 17.9 Å². The van der Waals surface area contributed by atoms with Crippen LogP contribution in [0.2, 0.25) is 0 Å². The van der Waals surface area contributed by atoms with E-state index in [1.165, 1.54) is 19.3 Å². The van der Waals surface area contributed by atoms with Gasteiger partial charge in [0.05, 0.1) is 17.6 Å². The molecule has 1 fully saturated rings. The van der Waals surface area contributed by atoms with Crippen LogP contribution in [0.4, 0.5) is 5.69 Å². The summed E-state index contributed by atoms with van der Waals surface area (Å²) in [4.78, 5) is 6.72. The van der Waals surface area contributed by atoms with Crippen LogP contribution in [0.1, 0.15) is 31.9 Å². The summed E-state index contributed by atoms with van der Waals surface area (Å²) in [5.41, 5.74) is 7.83. The lowest BCUT2D eigenvalue weighted by Gasteiger charge is -2.46. The van der Waals surface area contributed by atoms with Crippen LogP contribution >= 0.6 is 0 Å². The van der Waals surface area contributed by atoms with E-state index in [4.69, 9.17) is 5.73 Å². The molecule has 0 aliphatic heterocycles. The van der Waals surface area contributed by atoms with Crippen LogP contribution in [0.5, 0.6) is 0 Å². The number of anilines is 1. The van der Waals surface area contributed by atoms with Crippen LogP contribution in [0.15, 0.2) is 18.3 Å². The smallest absolute Gasteiger partial charge is 0.0545 e. The second-order valence-corrected chi connectivity index (χ2v) is 4.79. The number of hydrogen-bond acceptors (Lipinski definition) is 3. The summed E-state index contributed by atoms with van der Waals surface area (Å²) >= 11 is 0. The van der Waals surface area contributed by atoms with Gasteiger partial charge in [-0.1, -0.05) is 0 Å². The van der Waals surface area contributed by atoms with Crippen molar-refractivity contribution in [3.63, 3.8) is 0 Å². The standard InChI is InChI=1S/C12H19N3/c1-12(6-3-7-12)15(2)9-11-5-4-10(13)8-14-11/h4-5,8H,3,6-7,9,13H2,1-2H3. The van der Waals surface area contributed by atoms with Gasteiger partial charge in [0.15, 0.2) is 0 Å². The Balaban J connectivity index is 1.99. The number of nitrogen functional groups attached to an aromatic ring is 1. The summed E-state index contributed by atoms with van der Waals surface area (Å²) in [7, 11) is 2.18. The third kappa shape index (κ3) is 2.12. The zero-order valence-electron chi connectivity index (χ0n) is 9.53. The summed E-state index contributed by atoms with van der Waals surface area (Å²) in [6.45, 7) is 3.24. The number of nitrogens with two attached hydrogens (primary N) is 1. The number of aromatic nitrogens is 1. The van der Waals surface area contributed by atoms with Gasteiger partial charge in [0.2, 0.25) is 0 Å². The second kappa shape index (κ2) is 3.81. The number of nitrogens with zero attached hydrogens (tertiary/aromatic N) is 2. The van der Waals surface area contributed by atoms with E-state index in [1.54, 1.807) is 6.20 Å². The fraction of sp³-hybridized carbons (Fsp3) is 0.583. The van der Waals surface area contributed by atoms with Gasteiger partial charge >= 0.3 is 0 Å². The molecule has 3 nitrogen and oxygen atoms in total. The van der Waals surface area contributed by atoms with Crippen molar-refractivity contribution in [2.45, 2.75) is 38.3 Å². The Morgan fingerprint density at radius 1 is 1.47 bits per heavy atom. The molecule has 1 aromatic rings. The van der Waals surface area contributed by atoms with Gasteiger partial charge in [-0.25, -0.2) is 0 Å². The molecule has 1 saturated carbocycles. The van der Waals surface area contributed by atoms with E-state index < -0.39 is 0 Å². The molecule has 82 valence electrons. The quantitative estimate of drug-likeness (QED) is 0.821. The van der Waals surface area contributed by atoms with Crippen molar-refractivity contribution in [2.24, 2.45) is 0 Å². The van der Waals surface area contributed by atoms with Crippen molar-refractivity contribution < 1.29 is 0 Å². The largest absolute Gasteiger partial charge is 0.397 e. The average Bonchev–Trinajstić information content (AvgIpc) is 2.18. The first-order valence-electron chi connectivity index (χ1n) is 5.52. The predicted molar refractivity (Wildman–Crippen MR) is 62.4 cm³/mol. The van der Waals surface area contributed by atoms with Crippen molar-refractivity contribution in [3.8, 4) is 0 Å². The molecule has 1 aliphatic rings. The lowest BCUT2D eigenvalue weighted by atomic mass is 9.77. The van der Waals surface area contributed by atoms with Gasteiger partial charge in [-0.05, 0) is 45.4 Å².